The van der Waals surface area contributed by atoms with Gasteiger partial charge in [-0.15, -0.1) is 0 Å². The van der Waals surface area contributed by atoms with Crippen molar-refractivity contribution in [3.8, 4) is 0 Å². The van der Waals surface area contributed by atoms with Gasteiger partial charge < -0.3 is 5.73 Å². The van der Waals surface area contributed by atoms with E-state index < -0.39 is 10.2 Å². The van der Waals surface area contributed by atoms with Gasteiger partial charge in [0, 0.05) is 19.2 Å². The van der Waals surface area contributed by atoms with Crippen LogP contribution in [0.1, 0.15) is 11.1 Å². The Morgan fingerprint density at radius 1 is 1.50 bits per heavy atom. The summed E-state index contributed by atoms with van der Waals surface area (Å²) in [5, 5.41) is 12.2. The van der Waals surface area contributed by atoms with Gasteiger partial charge in [-0.25, -0.2) is 5.14 Å². The number of hydrogen-bond donors (Lipinski definition) is 3. The number of nitrogens with two attached hydrogens (primary N) is 2. The van der Waals surface area contributed by atoms with Gasteiger partial charge >= 0.3 is 0 Å². The summed E-state index contributed by atoms with van der Waals surface area (Å²) in [7, 11) is -2.30. The highest BCUT2D eigenvalue weighted by Crippen LogP contribution is 2.08. The van der Waals surface area contributed by atoms with Gasteiger partial charge in [0.05, 0.1) is 0 Å². The van der Waals surface area contributed by atoms with Gasteiger partial charge in [0.25, 0.3) is 10.2 Å². The summed E-state index contributed by atoms with van der Waals surface area (Å²) >= 11 is 0. The third-order valence-electron chi connectivity index (χ3n) is 2.08. The number of nitrogens with zero attached hydrogens (tertiary/aromatic N) is 1. The minimum absolute atomic E-state index is 0.0555. The first-order valence-corrected chi connectivity index (χ1v) is 5.98. The van der Waals surface area contributed by atoms with Crippen LogP contribution in [-0.4, -0.2) is 25.6 Å². The van der Waals surface area contributed by atoms with Crippen LogP contribution >= 0.6 is 0 Å². The summed E-state index contributed by atoms with van der Waals surface area (Å²) in [4.78, 5) is 0. The third-order valence-corrected chi connectivity index (χ3v) is 3.08. The second-order valence-corrected chi connectivity index (χ2v) is 5.07. The Hall–Kier alpha value is -1.44. The fourth-order valence-corrected chi connectivity index (χ4v) is 1.51. The maximum Gasteiger partial charge on any atom is 0.276 e. The van der Waals surface area contributed by atoms with Crippen molar-refractivity contribution in [2.24, 2.45) is 10.9 Å². The Balaban J connectivity index is 2.90. The maximum atomic E-state index is 11.0. The molecule has 0 atom stereocenters. The SMILES string of the molecule is CN(Cc1cccc(C(=N)N)c1)S(N)(=O)=O. The summed E-state index contributed by atoms with van der Waals surface area (Å²) in [6.07, 6.45) is 0. The Morgan fingerprint density at radius 2 is 2.12 bits per heavy atom. The van der Waals surface area contributed by atoms with Crippen LogP contribution in [0.25, 0.3) is 0 Å². The van der Waals surface area contributed by atoms with Gasteiger partial charge in [0.2, 0.25) is 0 Å². The second kappa shape index (κ2) is 4.60. The molecule has 0 spiro atoms. The number of hydrogen-bond acceptors (Lipinski definition) is 3. The van der Waals surface area contributed by atoms with Crippen molar-refractivity contribution in [1.29, 1.82) is 5.41 Å². The zero-order chi connectivity index (χ0) is 12.3. The largest absolute Gasteiger partial charge is 0.384 e. The lowest BCUT2D eigenvalue weighted by atomic mass is 10.1. The molecule has 0 bridgehead atoms. The molecule has 5 N–H and O–H groups in total. The number of nitrogen functional groups attached to an aromatic ring is 1. The molecular formula is C9H14N4O2S. The first kappa shape index (κ1) is 12.6. The van der Waals surface area contributed by atoms with E-state index >= 15 is 0 Å². The topological polar surface area (TPSA) is 113 Å². The summed E-state index contributed by atoms with van der Waals surface area (Å²) in [5.74, 6) is -0.0555. The van der Waals surface area contributed by atoms with E-state index in [9.17, 15) is 8.42 Å². The highest BCUT2D eigenvalue weighted by Gasteiger charge is 2.12. The molecule has 0 saturated carbocycles. The minimum atomic E-state index is -3.69. The van der Waals surface area contributed by atoms with Crippen LogP contribution in [0.3, 0.4) is 0 Å². The Kier molecular flexibility index (Phi) is 3.63. The Bertz CT molecular complexity index is 498. The molecule has 7 heteroatoms. The van der Waals surface area contributed by atoms with Crippen LogP contribution < -0.4 is 10.9 Å². The predicted molar refractivity (Wildman–Crippen MR) is 62.0 cm³/mol. The van der Waals surface area contributed by atoms with Crippen LogP contribution in [0, 0.1) is 5.41 Å². The summed E-state index contributed by atoms with van der Waals surface area (Å²) < 4.78 is 23.0. The van der Waals surface area contributed by atoms with Gasteiger partial charge in [-0.3, -0.25) is 5.41 Å². The zero-order valence-corrected chi connectivity index (χ0v) is 9.66. The molecule has 0 aliphatic heterocycles. The number of nitrogens with one attached hydrogen (secondary N) is 1. The highest BCUT2D eigenvalue weighted by atomic mass is 32.2. The smallest absolute Gasteiger partial charge is 0.276 e. The highest BCUT2D eigenvalue weighted by molar-refractivity contribution is 7.86. The molecule has 16 heavy (non-hydrogen) atoms. The summed E-state index contributed by atoms with van der Waals surface area (Å²) in [6.45, 7) is 0.153. The lowest BCUT2D eigenvalue weighted by Gasteiger charge is -2.13. The van der Waals surface area contributed by atoms with E-state index in [1.54, 1.807) is 24.3 Å². The average Bonchev–Trinajstić information content (AvgIpc) is 2.16. The molecule has 0 heterocycles. The quantitative estimate of drug-likeness (QED) is 0.493. The van der Waals surface area contributed by atoms with Gasteiger partial charge in [-0.2, -0.15) is 12.7 Å². The normalized spacial score (nSPS) is 11.7. The van der Waals surface area contributed by atoms with E-state index in [0.29, 0.717) is 5.56 Å². The van der Waals surface area contributed by atoms with Gasteiger partial charge in [0.15, 0.2) is 0 Å². The second-order valence-electron chi connectivity index (χ2n) is 3.42. The maximum absolute atomic E-state index is 11.0. The van der Waals surface area contributed by atoms with Gasteiger partial charge in [-0.05, 0) is 11.6 Å². The molecule has 0 aliphatic rings. The van der Waals surface area contributed by atoms with Crippen LogP contribution in [0.2, 0.25) is 0 Å². The van der Waals surface area contributed by atoms with Gasteiger partial charge in [0.1, 0.15) is 5.84 Å². The monoisotopic (exact) mass is 242 g/mol. The molecule has 1 rings (SSSR count). The van der Waals surface area contributed by atoms with Crippen molar-refractivity contribution in [2.45, 2.75) is 6.54 Å². The first-order chi connectivity index (χ1) is 7.30. The summed E-state index contributed by atoms with van der Waals surface area (Å²) in [5.41, 5.74) is 6.61. The van der Waals surface area contributed by atoms with E-state index in [-0.39, 0.29) is 12.4 Å². The van der Waals surface area contributed by atoms with Crippen molar-refractivity contribution >= 4 is 16.0 Å². The molecule has 0 radical (unpaired) electrons. The molecule has 0 aromatic heterocycles. The average molecular weight is 242 g/mol. The van der Waals surface area contributed by atoms with Crippen molar-refractivity contribution in [3.63, 3.8) is 0 Å². The van der Waals surface area contributed by atoms with Gasteiger partial charge in [-0.1, -0.05) is 18.2 Å². The van der Waals surface area contributed by atoms with Crippen molar-refractivity contribution in [1.82, 2.24) is 4.31 Å². The zero-order valence-electron chi connectivity index (χ0n) is 8.84. The Morgan fingerprint density at radius 3 is 2.62 bits per heavy atom. The van der Waals surface area contributed by atoms with Crippen molar-refractivity contribution in [3.05, 3.63) is 35.4 Å². The number of benzene rings is 1. The molecule has 88 valence electrons. The minimum Gasteiger partial charge on any atom is -0.384 e. The van der Waals surface area contributed by atoms with Crippen LogP contribution in [0.4, 0.5) is 0 Å². The fourth-order valence-electron chi connectivity index (χ4n) is 1.18. The molecule has 0 saturated heterocycles. The van der Waals surface area contributed by atoms with E-state index in [4.69, 9.17) is 16.3 Å². The number of amidine groups is 1. The van der Waals surface area contributed by atoms with E-state index in [2.05, 4.69) is 0 Å². The van der Waals surface area contributed by atoms with Crippen molar-refractivity contribution < 1.29 is 8.42 Å². The standard InChI is InChI=1S/C9H14N4O2S/c1-13(16(12,14)15)6-7-3-2-4-8(5-7)9(10)11/h2-5H,6H2,1H3,(H3,10,11)(H2,12,14,15). The van der Waals surface area contributed by atoms with Crippen LogP contribution in [0.15, 0.2) is 24.3 Å². The molecule has 0 amide bonds. The van der Waals surface area contributed by atoms with Crippen LogP contribution in [0.5, 0.6) is 0 Å². The number of rotatable bonds is 4. The molecular weight excluding hydrogens is 228 g/mol. The lowest BCUT2D eigenvalue weighted by molar-refractivity contribution is 0.468. The van der Waals surface area contributed by atoms with E-state index in [0.717, 1.165) is 9.87 Å². The van der Waals surface area contributed by atoms with E-state index in [1.807, 2.05) is 0 Å². The van der Waals surface area contributed by atoms with Crippen LogP contribution in [-0.2, 0) is 16.8 Å². The van der Waals surface area contributed by atoms with Crippen molar-refractivity contribution in [2.75, 3.05) is 7.05 Å². The molecule has 6 nitrogen and oxygen atoms in total. The Labute approximate surface area is 94.5 Å². The molecule has 1 aromatic carbocycles. The predicted octanol–water partition coefficient (Wildman–Crippen LogP) is -0.394. The molecule has 0 unspecified atom stereocenters. The third kappa shape index (κ3) is 3.30. The summed E-state index contributed by atoms with van der Waals surface area (Å²) in [6, 6.07) is 6.80. The molecule has 0 fully saturated rings. The van der Waals surface area contributed by atoms with E-state index in [1.165, 1.54) is 7.05 Å². The fraction of sp³-hybridized carbons (Fsp3) is 0.222. The lowest BCUT2D eigenvalue weighted by Crippen LogP contribution is -2.32. The molecule has 1 aromatic rings. The molecule has 0 aliphatic carbocycles. The first-order valence-electron chi connectivity index (χ1n) is 4.48.